The topological polar surface area (TPSA) is 29.5 Å². The zero-order chi connectivity index (χ0) is 19.8. The second-order valence-electron chi connectivity index (χ2n) is 9.28. The quantitative estimate of drug-likeness (QED) is 0.649. The first-order chi connectivity index (χ1) is 14.2. The van der Waals surface area contributed by atoms with E-state index in [-0.39, 0.29) is 5.97 Å². The summed E-state index contributed by atoms with van der Waals surface area (Å²) in [4.78, 5) is 14.9. The molecule has 1 heterocycles. The fourth-order valence-corrected chi connectivity index (χ4v) is 6.64. The Morgan fingerprint density at radius 3 is 2.72 bits per heavy atom. The third-order valence-electron chi connectivity index (χ3n) is 7.91. The maximum absolute atomic E-state index is 12.3. The number of rotatable bonds is 4. The van der Waals surface area contributed by atoms with Gasteiger partial charge >= 0.3 is 5.97 Å². The molecule has 2 saturated carbocycles. The van der Waals surface area contributed by atoms with Crippen molar-refractivity contribution in [3.8, 4) is 0 Å². The summed E-state index contributed by atoms with van der Waals surface area (Å²) in [6, 6.07) is 20.3. The monoisotopic (exact) mass is 389 g/mol. The molecule has 2 aromatic carbocycles. The Hall–Kier alpha value is -2.29. The predicted molar refractivity (Wildman–Crippen MR) is 116 cm³/mol. The molecule has 2 aromatic rings. The molecular formula is C26H31NO2. The molecule has 152 valence electrons. The number of hydrogen-bond donors (Lipinski definition) is 0. The molecular weight excluding hydrogens is 358 g/mol. The lowest BCUT2D eigenvalue weighted by molar-refractivity contribution is -0.142. The Balaban J connectivity index is 1.59. The van der Waals surface area contributed by atoms with Crippen LogP contribution < -0.4 is 4.90 Å². The molecule has 0 aromatic heterocycles. The number of methoxy groups -OCH3 is 1. The summed E-state index contributed by atoms with van der Waals surface area (Å²) in [5, 5.41) is 0. The first-order valence-electron chi connectivity index (χ1n) is 11.2. The number of nitrogens with zero attached hydrogens (tertiary/aromatic N) is 1. The van der Waals surface area contributed by atoms with Crippen molar-refractivity contribution in [3.05, 3.63) is 65.7 Å². The van der Waals surface area contributed by atoms with Crippen LogP contribution >= 0.6 is 0 Å². The van der Waals surface area contributed by atoms with Gasteiger partial charge < -0.3 is 9.64 Å². The number of anilines is 1. The van der Waals surface area contributed by atoms with E-state index in [0.717, 1.165) is 13.0 Å². The van der Waals surface area contributed by atoms with Crippen molar-refractivity contribution in [2.45, 2.75) is 62.9 Å². The summed E-state index contributed by atoms with van der Waals surface area (Å²) in [7, 11) is 1.52. The van der Waals surface area contributed by atoms with Crippen molar-refractivity contribution in [1.29, 1.82) is 0 Å². The Labute approximate surface area is 174 Å². The first kappa shape index (κ1) is 18.7. The highest BCUT2D eigenvalue weighted by Crippen LogP contribution is 2.60. The maximum atomic E-state index is 12.3. The lowest BCUT2D eigenvalue weighted by Crippen LogP contribution is -2.58. The Morgan fingerprint density at radius 2 is 1.90 bits per heavy atom. The van der Waals surface area contributed by atoms with E-state index in [2.05, 4.69) is 59.5 Å². The van der Waals surface area contributed by atoms with E-state index in [9.17, 15) is 4.79 Å². The lowest BCUT2D eigenvalue weighted by atomic mass is 9.51. The second-order valence-corrected chi connectivity index (χ2v) is 9.28. The number of hydrogen-bond acceptors (Lipinski definition) is 3. The van der Waals surface area contributed by atoms with Gasteiger partial charge in [-0.3, -0.25) is 4.79 Å². The van der Waals surface area contributed by atoms with Gasteiger partial charge in [0.05, 0.1) is 13.5 Å². The highest BCUT2D eigenvalue weighted by Gasteiger charge is 2.55. The van der Waals surface area contributed by atoms with Crippen LogP contribution in [-0.4, -0.2) is 19.1 Å². The highest BCUT2D eigenvalue weighted by molar-refractivity contribution is 5.70. The van der Waals surface area contributed by atoms with Gasteiger partial charge in [-0.25, -0.2) is 0 Å². The number of esters is 1. The average molecular weight is 390 g/mol. The van der Waals surface area contributed by atoms with E-state index >= 15 is 0 Å². The molecule has 1 spiro atoms. The molecule has 2 fully saturated rings. The molecule has 3 nitrogen and oxygen atoms in total. The fourth-order valence-electron chi connectivity index (χ4n) is 6.64. The molecule has 0 saturated heterocycles. The van der Waals surface area contributed by atoms with Gasteiger partial charge in [0.2, 0.25) is 0 Å². The number of ether oxygens (including phenoxy) is 1. The largest absolute Gasteiger partial charge is 0.469 e. The van der Waals surface area contributed by atoms with Crippen molar-refractivity contribution in [3.63, 3.8) is 0 Å². The summed E-state index contributed by atoms with van der Waals surface area (Å²) in [6.07, 6.45) is 8.15. The van der Waals surface area contributed by atoms with Crippen LogP contribution in [0.25, 0.3) is 0 Å². The van der Waals surface area contributed by atoms with Gasteiger partial charge in [0.15, 0.2) is 0 Å². The molecule has 2 aliphatic carbocycles. The Kier molecular flexibility index (Phi) is 4.85. The summed E-state index contributed by atoms with van der Waals surface area (Å²) in [5.74, 6) is 1.01. The number of benzene rings is 2. The molecule has 2 bridgehead atoms. The molecule has 29 heavy (non-hydrogen) atoms. The summed E-state index contributed by atoms with van der Waals surface area (Å²) in [6.45, 7) is 0.904. The van der Waals surface area contributed by atoms with E-state index in [1.807, 2.05) is 0 Å². The van der Waals surface area contributed by atoms with Gasteiger partial charge in [0, 0.05) is 23.7 Å². The van der Waals surface area contributed by atoms with Crippen molar-refractivity contribution < 1.29 is 9.53 Å². The zero-order valence-corrected chi connectivity index (χ0v) is 17.3. The molecule has 3 heteroatoms. The standard InChI is InChI=1S/C26H31NO2/c1-29-25(28)16-20-15-21-11-7-8-14-26(21)17-24(20)27(18-19-9-3-2-4-10-19)23-13-6-5-12-22(23)26/h2-6,9-10,12-13,20-21,24H,7-8,11,14-18H2,1H3/t20-,21+,24?,26+/m0/s1. The molecule has 1 unspecified atom stereocenters. The van der Waals surface area contributed by atoms with Crippen LogP contribution in [0.1, 0.15) is 56.1 Å². The van der Waals surface area contributed by atoms with Gasteiger partial charge in [-0.15, -0.1) is 0 Å². The predicted octanol–water partition coefficient (Wildman–Crippen LogP) is 5.48. The number of fused-ring (bicyclic) bond motifs is 2. The molecule has 1 aliphatic heterocycles. The average Bonchev–Trinajstić information content (AvgIpc) is 2.77. The number of carbonyl (C=O) groups is 1. The third kappa shape index (κ3) is 3.15. The van der Waals surface area contributed by atoms with Crippen LogP contribution in [0, 0.1) is 11.8 Å². The minimum absolute atomic E-state index is 0.0585. The Bertz CT molecular complexity index is 879. The highest BCUT2D eigenvalue weighted by atomic mass is 16.5. The normalized spacial score (nSPS) is 30.2. The SMILES string of the molecule is COC(=O)C[C@@H]1C[C@H]2CCCC[C@@]23CC1N(Cc1ccccc1)c1ccccc13. The van der Waals surface area contributed by atoms with Crippen LogP contribution in [0.5, 0.6) is 0 Å². The van der Waals surface area contributed by atoms with E-state index < -0.39 is 0 Å². The van der Waals surface area contributed by atoms with Crippen molar-refractivity contribution >= 4 is 11.7 Å². The van der Waals surface area contributed by atoms with Crippen molar-refractivity contribution in [2.24, 2.45) is 11.8 Å². The zero-order valence-electron chi connectivity index (χ0n) is 17.3. The number of para-hydroxylation sites is 1. The van der Waals surface area contributed by atoms with E-state index in [4.69, 9.17) is 4.74 Å². The van der Waals surface area contributed by atoms with Gasteiger partial charge in [-0.1, -0.05) is 61.4 Å². The van der Waals surface area contributed by atoms with Crippen LogP contribution in [0.4, 0.5) is 5.69 Å². The summed E-state index contributed by atoms with van der Waals surface area (Å²) >= 11 is 0. The van der Waals surface area contributed by atoms with Gasteiger partial charge in [-0.05, 0) is 54.7 Å². The minimum atomic E-state index is -0.0585. The summed E-state index contributed by atoms with van der Waals surface area (Å²) in [5.41, 5.74) is 4.60. The first-order valence-corrected chi connectivity index (χ1v) is 11.2. The van der Waals surface area contributed by atoms with Crippen LogP contribution in [0.2, 0.25) is 0 Å². The number of carbonyl (C=O) groups excluding carboxylic acids is 1. The molecule has 3 aliphatic rings. The maximum Gasteiger partial charge on any atom is 0.305 e. The van der Waals surface area contributed by atoms with Gasteiger partial charge in [-0.2, -0.15) is 0 Å². The fraction of sp³-hybridized carbons (Fsp3) is 0.500. The Morgan fingerprint density at radius 1 is 1.10 bits per heavy atom. The van der Waals surface area contributed by atoms with E-state index in [1.165, 1.54) is 50.5 Å². The van der Waals surface area contributed by atoms with Crippen molar-refractivity contribution in [2.75, 3.05) is 12.0 Å². The third-order valence-corrected chi connectivity index (χ3v) is 7.91. The van der Waals surface area contributed by atoms with Crippen molar-refractivity contribution in [1.82, 2.24) is 0 Å². The molecule has 4 atom stereocenters. The smallest absolute Gasteiger partial charge is 0.305 e. The van der Waals surface area contributed by atoms with E-state index in [0.29, 0.717) is 29.7 Å². The van der Waals surface area contributed by atoms with Gasteiger partial charge in [0.1, 0.15) is 0 Å². The lowest BCUT2D eigenvalue weighted by Gasteiger charge is -2.60. The minimum Gasteiger partial charge on any atom is -0.469 e. The molecule has 5 rings (SSSR count). The van der Waals surface area contributed by atoms with Crippen LogP contribution in [0.15, 0.2) is 54.6 Å². The molecule has 0 amide bonds. The van der Waals surface area contributed by atoms with Crippen LogP contribution in [-0.2, 0) is 21.5 Å². The van der Waals surface area contributed by atoms with Gasteiger partial charge in [0.25, 0.3) is 0 Å². The molecule has 0 radical (unpaired) electrons. The molecule has 0 N–H and O–H groups in total. The summed E-state index contributed by atoms with van der Waals surface area (Å²) < 4.78 is 5.09. The van der Waals surface area contributed by atoms with E-state index in [1.54, 1.807) is 5.56 Å². The second kappa shape index (κ2) is 7.51. The van der Waals surface area contributed by atoms with Crippen LogP contribution in [0.3, 0.4) is 0 Å².